The molecule has 2 aliphatic heterocycles. The molecule has 18 heavy (non-hydrogen) atoms. The summed E-state index contributed by atoms with van der Waals surface area (Å²) >= 11 is 5.76. The Morgan fingerprint density at radius 2 is 1.83 bits per heavy atom. The molecule has 1 aromatic carbocycles. The lowest BCUT2D eigenvalue weighted by Gasteiger charge is -2.38. The fourth-order valence-corrected chi connectivity index (χ4v) is 2.77. The second-order valence-corrected chi connectivity index (χ2v) is 5.13. The summed E-state index contributed by atoms with van der Waals surface area (Å²) in [6, 6.07) is 4.79. The molecule has 0 radical (unpaired) electrons. The molecule has 5 heteroatoms. The predicted octanol–water partition coefficient (Wildman–Crippen LogP) is 2.82. The molecule has 0 amide bonds. The molecule has 3 nitrogen and oxygen atoms in total. The van der Waals surface area contributed by atoms with E-state index in [0.717, 1.165) is 25.9 Å². The van der Waals surface area contributed by atoms with Crippen LogP contribution in [0.2, 0.25) is 5.02 Å². The number of halogens is 2. The van der Waals surface area contributed by atoms with Crippen molar-refractivity contribution in [2.24, 2.45) is 0 Å². The summed E-state index contributed by atoms with van der Waals surface area (Å²) in [6.45, 7) is 2.79. The van der Waals surface area contributed by atoms with Gasteiger partial charge in [-0.3, -0.25) is 0 Å². The molecule has 2 fully saturated rings. The van der Waals surface area contributed by atoms with E-state index in [0.29, 0.717) is 23.9 Å². The van der Waals surface area contributed by atoms with Crippen molar-refractivity contribution in [1.29, 1.82) is 0 Å². The molecule has 0 bridgehead atoms. The van der Waals surface area contributed by atoms with E-state index in [1.54, 1.807) is 12.1 Å². The highest BCUT2D eigenvalue weighted by molar-refractivity contribution is 6.30. The van der Waals surface area contributed by atoms with Gasteiger partial charge in [0.15, 0.2) is 5.79 Å². The number of hydrogen-bond donors (Lipinski definition) is 0. The van der Waals surface area contributed by atoms with Crippen LogP contribution in [0.25, 0.3) is 0 Å². The minimum Gasteiger partial charge on any atom is -0.369 e. The van der Waals surface area contributed by atoms with Crippen molar-refractivity contribution in [3.05, 3.63) is 29.0 Å². The Labute approximate surface area is 110 Å². The third-order valence-corrected chi connectivity index (χ3v) is 3.82. The number of ether oxygens (including phenoxy) is 2. The molecule has 2 saturated heterocycles. The van der Waals surface area contributed by atoms with Crippen LogP contribution < -0.4 is 4.90 Å². The van der Waals surface area contributed by atoms with Gasteiger partial charge in [0.2, 0.25) is 0 Å². The zero-order valence-corrected chi connectivity index (χ0v) is 10.8. The monoisotopic (exact) mass is 271 g/mol. The summed E-state index contributed by atoms with van der Waals surface area (Å²) in [5.41, 5.74) is 0.604. The highest BCUT2D eigenvalue weighted by Gasteiger charge is 2.40. The summed E-state index contributed by atoms with van der Waals surface area (Å²) in [5, 5.41) is 0.423. The van der Waals surface area contributed by atoms with Gasteiger partial charge < -0.3 is 14.4 Å². The van der Waals surface area contributed by atoms with Gasteiger partial charge in [-0.2, -0.15) is 0 Å². The van der Waals surface area contributed by atoms with E-state index in [2.05, 4.69) is 0 Å². The zero-order valence-electron chi connectivity index (χ0n) is 9.99. The lowest BCUT2D eigenvalue weighted by molar-refractivity contribution is -0.169. The minimum absolute atomic E-state index is 0.272. The van der Waals surface area contributed by atoms with E-state index in [1.165, 1.54) is 6.07 Å². The van der Waals surface area contributed by atoms with E-state index >= 15 is 0 Å². The lowest BCUT2D eigenvalue weighted by atomic mass is 10.0. The van der Waals surface area contributed by atoms with E-state index in [4.69, 9.17) is 21.1 Å². The molecule has 0 aromatic heterocycles. The van der Waals surface area contributed by atoms with Crippen LogP contribution in [0.3, 0.4) is 0 Å². The highest BCUT2D eigenvalue weighted by Crippen LogP contribution is 2.34. The maximum atomic E-state index is 13.8. The van der Waals surface area contributed by atoms with Crippen LogP contribution in [0.4, 0.5) is 10.1 Å². The molecule has 2 aliphatic rings. The van der Waals surface area contributed by atoms with Crippen LogP contribution in [-0.2, 0) is 9.47 Å². The number of piperidine rings is 1. The topological polar surface area (TPSA) is 21.7 Å². The molecule has 2 heterocycles. The SMILES string of the molecule is Fc1cc(Cl)ccc1N1CCC2(CC1)OCCO2. The molecule has 1 aromatic rings. The van der Waals surface area contributed by atoms with Crippen LogP contribution >= 0.6 is 11.6 Å². The van der Waals surface area contributed by atoms with E-state index in [1.807, 2.05) is 4.90 Å². The smallest absolute Gasteiger partial charge is 0.171 e. The quantitative estimate of drug-likeness (QED) is 0.784. The first kappa shape index (κ1) is 12.2. The fourth-order valence-electron chi connectivity index (χ4n) is 2.61. The summed E-state index contributed by atoms with van der Waals surface area (Å²) in [5.74, 6) is -0.689. The van der Waals surface area contributed by atoms with Gasteiger partial charge in [-0.1, -0.05) is 11.6 Å². The predicted molar refractivity (Wildman–Crippen MR) is 67.5 cm³/mol. The van der Waals surface area contributed by atoms with Crippen molar-refractivity contribution >= 4 is 17.3 Å². The minimum atomic E-state index is -0.417. The molecule has 0 aliphatic carbocycles. The summed E-state index contributed by atoms with van der Waals surface area (Å²) in [4.78, 5) is 2.02. The maximum Gasteiger partial charge on any atom is 0.171 e. The first-order valence-electron chi connectivity index (χ1n) is 6.16. The van der Waals surface area contributed by atoms with Crippen molar-refractivity contribution in [1.82, 2.24) is 0 Å². The van der Waals surface area contributed by atoms with Crippen molar-refractivity contribution in [2.75, 3.05) is 31.2 Å². The Hall–Kier alpha value is -0.840. The third-order valence-electron chi connectivity index (χ3n) is 3.59. The fraction of sp³-hybridized carbons (Fsp3) is 0.538. The first-order valence-corrected chi connectivity index (χ1v) is 6.54. The van der Waals surface area contributed by atoms with Crippen LogP contribution in [0.5, 0.6) is 0 Å². The summed E-state index contributed by atoms with van der Waals surface area (Å²) < 4.78 is 25.1. The average Bonchev–Trinajstić information content (AvgIpc) is 2.80. The van der Waals surface area contributed by atoms with Crippen LogP contribution in [0, 0.1) is 5.82 Å². The van der Waals surface area contributed by atoms with Gasteiger partial charge in [-0.25, -0.2) is 4.39 Å². The molecule has 0 saturated carbocycles. The lowest BCUT2D eigenvalue weighted by Crippen LogP contribution is -2.45. The highest BCUT2D eigenvalue weighted by atomic mass is 35.5. The summed E-state index contributed by atoms with van der Waals surface area (Å²) in [7, 11) is 0. The molecule has 98 valence electrons. The molecule has 3 rings (SSSR count). The molecule has 0 unspecified atom stereocenters. The largest absolute Gasteiger partial charge is 0.369 e. The van der Waals surface area contributed by atoms with Crippen LogP contribution in [0.15, 0.2) is 18.2 Å². The van der Waals surface area contributed by atoms with Gasteiger partial charge in [0.05, 0.1) is 18.9 Å². The Morgan fingerprint density at radius 3 is 2.44 bits per heavy atom. The molecule has 0 atom stereocenters. The van der Waals surface area contributed by atoms with Crippen molar-refractivity contribution in [3.63, 3.8) is 0 Å². The third kappa shape index (κ3) is 2.20. The van der Waals surface area contributed by atoms with Gasteiger partial charge in [0.25, 0.3) is 0 Å². The van der Waals surface area contributed by atoms with Crippen molar-refractivity contribution in [2.45, 2.75) is 18.6 Å². The number of benzene rings is 1. The van der Waals surface area contributed by atoms with E-state index in [-0.39, 0.29) is 5.82 Å². The second kappa shape index (κ2) is 4.68. The van der Waals surface area contributed by atoms with Crippen molar-refractivity contribution in [3.8, 4) is 0 Å². The first-order chi connectivity index (χ1) is 8.69. The maximum absolute atomic E-state index is 13.8. The Balaban J connectivity index is 1.72. The molecular weight excluding hydrogens is 257 g/mol. The average molecular weight is 272 g/mol. The van der Waals surface area contributed by atoms with Gasteiger partial charge >= 0.3 is 0 Å². The van der Waals surface area contributed by atoms with E-state index < -0.39 is 5.79 Å². The number of hydrogen-bond acceptors (Lipinski definition) is 3. The van der Waals surface area contributed by atoms with E-state index in [9.17, 15) is 4.39 Å². The molecule has 0 N–H and O–H groups in total. The van der Waals surface area contributed by atoms with Crippen LogP contribution in [0.1, 0.15) is 12.8 Å². The van der Waals surface area contributed by atoms with Gasteiger partial charge in [0.1, 0.15) is 5.82 Å². The van der Waals surface area contributed by atoms with Crippen molar-refractivity contribution < 1.29 is 13.9 Å². The Morgan fingerprint density at radius 1 is 1.17 bits per heavy atom. The number of nitrogens with zero attached hydrogens (tertiary/aromatic N) is 1. The zero-order chi connectivity index (χ0) is 12.6. The Bertz CT molecular complexity index is 439. The second-order valence-electron chi connectivity index (χ2n) is 4.69. The van der Waals surface area contributed by atoms with Crippen LogP contribution in [-0.4, -0.2) is 32.1 Å². The van der Waals surface area contributed by atoms with Gasteiger partial charge in [-0.05, 0) is 18.2 Å². The molecule has 1 spiro atoms. The molecular formula is C13H15ClFNO2. The van der Waals surface area contributed by atoms with Gasteiger partial charge in [0, 0.05) is 31.0 Å². The number of anilines is 1. The normalized spacial score (nSPS) is 22.7. The Kier molecular flexibility index (Phi) is 3.18. The number of rotatable bonds is 1. The standard InChI is InChI=1S/C13H15ClFNO2/c14-10-1-2-12(11(15)9-10)16-5-3-13(4-6-16)17-7-8-18-13/h1-2,9H,3-8H2. The van der Waals surface area contributed by atoms with Gasteiger partial charge in [-0.15, -0.1) is 0 Å². The summed E-state index contributed by atoms with van der Waals surface area (Å²) in [6.07, 6.45) is 1.55.